The molecule has 1 saturated heterocycles. The van der Waals surface area contributed by atoms with Gasteiger partial charge in [0, 0.05) is 11.9 Å². The fraction of sp³-hybridized carbons (Fsp3) is 0.211. The number of aromatic nitrogens is 1. The average Bonchev–Trinajstić information content (AvgIpc) is 3.12. The summed E-state index contributed by atoms with van der Waals surface area (Å²) in [5.74, 6) is 0.190. The van der Waals surface area contributed by atoms with Crippen LogP contribution in [-0.2, 0) is 11.2 Å². The van der Waals surface area contributed by atoms with E-state index in [1.54, 1.807) is 6.20 Å². The van der Waals surface area contributed by atoms with Crippen LogP contribution >= 0.6 is 11.3 Å². The van der Waals surface area contributed by atoms with Crippen LogP contribution in [0.25, 0.3) is 21.0 Å². The minimum Gasteiger partial charge on any atom is -0.616 e. The first-order valence-electron chi connectivity index (χ1n) is 8.22. The second-order valence-corrected chi connectivity index (χ2v) is 8.74. The maximum Gasteiger partial charge on any atom is 0.136 e. The summed E-state index contributed by atoms with van der Waals surface area (Å²) >= 11 is 0.566. The van der Waals surface area contributed by atoms with E-state index < -0.39 is 22.8 Å². The number of benzene rings is 2. The molecule has 7 heteroatoms. The lowest BCUT2D eigenvalue weighted by Crippen LogP contribution is -2.40. The number of rotatable bonds is 3. The van der Waals surface area contributed by atoms with Gasteiger partial charge in [0.25, 0.3) is 0 Å². The molecule has 0 unspecified atom stereocenters. The molecular weight excluding hydrogens is 374 g/mol. The van der Waals surface area contributed by atoms with Crippen LogP contribution in [0.15, 0.2) is 48.7 Å². The molecule has 0 radical (unpaired) electrons. The van der Waals surface area contributed by atoms with Gasteiger partial charge in [-0.05, 0) is 29.8 Å². The van der Waals surface area contributed by atoms with Gasteiger partial charge in [-0.1, -0.05) is 29.4 Å². The molecule has 0 aliphatic carbocycles. The third kappa shape index (κ3) is 3.47. The molecule has 1 aliphatic rings. The first-order valence-corrected chi connectivity index (χ1v) is 10.5. The molecule has 4 rings (SSSR count). The van der Waals surface area contributed by atoms with Crippen molar-refractivity contribution in [3.63, 3.8) is 0 Å². The highest BCUT2D eigenvalue weighted by molar-refractivity contribution is 7.91. The monoisotopic (exact) mass is 390 g/mol. The molecule has 1 aromatic heterocycles. The van der Waals surface area contributed by atoms with Crippen molar-refractivity contribution >= 4 is 28.2 Å². The first-order chi connectivity index (χ1) is 12.6. The van der Waals surface area contributed by atoms with Crippen molar-refractivity contribution < 1.29 is 13.3 Å². The van der Waals surface area contributed by atoms with Gasteiger partial charge in [0.2, 0.25) is 0 Å². The van der Waals surface area contributed by atoms with Crippen LogP contribution in [0.4, 0.5) is 14.5 Å². The molecule has 134 valence electrons. The number of hydrogen-bond donors (Lipinski definition) is 0. The number of thiazole rings is 1. The van der Waals surface area contributed by atoms with Crippen molar-refractivity contribution in [2.45, 2.75) is 0 Å². The molecule has 3 aromatic rings. The zero-order valence-corrected chi connectivity index (χ0v) is 15.5. The second kappa shape index (κ2) is 7.34. The minimum atomic E-state index is -0.698. The lowest BCUT2D eigenvalue weighted by molar-refractivity contribution is 0.585. The Morgan fingerprint density at radius 1 is 1.00 bits per heavy atom. The number of hydrogen-bond acceptors (Lipinski definition) is 4. The Morgan fingerprint density at radius 2 is 1.65 bits per heavy atom. The highest BCUT2D eigenvalue weighted by atomic mass is 32.2. The van der Waals surface area contributed by atoms with Crippen LogP contribution in [0.2, 0.25) is 0 Å². The molecule has 0 bridgehead atoms. The summed E-state index contributed by atoms with van der Waals surface area (Å²) < 4.78 is 39.3. The summed E-state index contributed by atoms with van der Waals surface area (Å²) in [6.45, 7) is 1.59. The van der Waals surface area contributed by atoms with E-state index in [9.17, 15) is 13.3 Å². The summed E-state index contributed by atoms with van der Waals surface area (Å²) in [6, 6.07) is 11.8. The second-order valence-electron chi connectivity index (χ2n) is 6.01. The maximum atomic E-state index is 13.9. The Labute approximate surface area is 157 Å². The lowest BCUT2D eigenvalue weighted by atomic mass is 10.1. The SMILES string of the molecule is [O-][S+]1CCN(c2ccc(-c3cnc(-c4c(F)cccc4F)s3)cc2)CC1. The van der Waals surface area contributed by atoms with E-state index in [4.69, 9.17) is 0 Å². The molecule has 0 atom stereocenters. The summed E-state index contributed by atoms with van der Waals surface area (Å²) in [6.07, 6.45) is 1.64. The van der Waals surface area contributed by atoms with Gasteiger partial charge in [0.15, 0.2) is 0 Å². The van der Waals surface area contributed by atoms with E-state index in [-0.39, 0.29) is 5.56 Å². The van der Waals surface area contributed by atoms with E-state index in [0.717, 1.165) is 29.2 Å². The molecule has 2 aromatic carbocycles. The van der Waals surface area contributed by atoms with E-state index in [2.05, 4.69) is 9.88 Å². The van der Waals surface area contributed by atoms with E-state index in [1.165, 1.54) is 29.5 Å². The van der Waals surface area contributed by atoms with Crippen molar-refractivity contribution in [1.82, 2.24) is 4.98 Å². The van der Waals surface area contributed by atoms with Gasteiger partial charge in [0.05, 0.1) is 23.5 Å². The van der Waals surface area contributed by atoms with Crippen molar-refractivity contribution in [1.29, 1.82) is 0 Å². The quantitative estimate of drug-likeness (QED) is 0.625. The molecule has 3 nitrogen and oxygen atoms in total. The minimum absolute atomic E-state index is 0.0818. The Bertz CT molecular complexity index is 886. The van der Waals surface area contributed by atoms with Gasteiger partial charge < -0.3 is 9.45 Å². The molecule has 0 amide bonds. The predicted octanol–water partition coefficient (Wildman–Crippen LogP) is 4.32. The van der Waals surface area contributed by atoms with Gasteiger partial charge in [-0.15, -0.1) is 11.3 Å². The fourth-order valence-electron chi connectivity index (χ4n) is 2.96. The molecule has 2 heterocycles. The molecular formula is C19H16F2N2OS2. The van der Waals surface area contributed by atoms with Crippen LogP contribution in [0.5, 0.6) is 0 Å². The van der Waals surface area contributed by atoms with E-state index >= 15 is 0 Å². The summed E-state index contributed by atoms with van der Waals surface area (Å²) in [5.41, 5.74) is 1.96. The summed E-state index contributed by atoms with van der Waals surface area (Å²) in [7, 11) is 0. The van der Waals surface area contributed by atoms with Crippen molar-refractivity contribution in [2.75, 3.05) is 29.5 Å². The Balaban J connectivity index is 1.56. The van der Waals surface area contributed by atoms with E-state index in [0.29, 0.717) is 16.5 Å². The molecule has 1 fully saturated rings. The van der Waals surface area contributed by atoms with Gasteiger partial charge in [-0.2, -0.15) is 0 Å². The first kappa shape index (κ1) is 17.5. The van der Waals surface area contributed by atoms with Gasteiger partial charge in [-0.25, -0.2) is 13.8 Å². The molecule has 0 saturated carbocycles. The standard InChI is InChI=1S/C19H16F2N2OS2/c20-15-2-1-3-16(21)18(15)19-22-12-17(25-19)13-4-6-14(7-5-13)23-8-10-26(24)11-9-23/h1-7,12H,8-11H2. The predicted molar refractivity (Wildman–Crippen MR) is 103 cm³/mol. The smallest absolute Gasteiger partial charge is 0.136 e. The highest BCUT2D eigenvalue weighted by Crippen LogP contribution is 2.35. The number of anilines is 1. The van der Waals surface area contributed by atoms with Crippen LogP contribution in [0, 0.1) is 11.6 Å². The van der Waals surface area contributed by atoms with Gasteiger partial charge in [0.1, 0.15) is 28.1 Å². The van der Waals surface area contributed by atoms with Crippen LogP contribution in [0.1, 0.15) is 0 Å². The maximum absolute atomic E-state index is 13.9. The lowest BCUT2D eigenvalue weighted by Gasteiger charge is -2.29. The zero-order chi connectivity index (χ0) is 18.1. The average molecular weight is 390 g/mol. The molecule has 0 spiro atoms. The Kier molecular flexibility index (Phi) is 4.93. The van der Waals surface area contributed by atoms with Crippen molar-refractivity contribution in [2.24, 2.45) is 0 Å². The van der Waals surface area contributed by atoms with Crippen molar-refractivity contribution in [3.8, 4) is 21.0 Å². The van der Waals surface area contributed by atoms with E-state index in [1.807, 2.05) is 24.3 Å². The molecule has 1 aliphatic heterocycles. The number of halogens is 2. The summed E-state index contributed by atoms with van der Waals surface area (Å²) in [5, 5.41) is 0.332. The Hall–Kier alpha value is -1.96. The molecule has 0 N–H and O–H groups in total. The van der Waals surface area contributed by atoms with Gasteiger partial charge in [-0.3, -0.25) is 0 Å². The molecule has 26 heavy (non-hydrogen) atoms. The van der Waals surface area contributed by atoms with Crippen molar-refractivity contribution in [3.05, 3.63) is 60.3 Å². The van der Waals surface area contributed by atoms with Gasteiger partial charge >= 0.3 is 0 Å². The van der Waals surface area contributed by atoms with Crippen LogP contribution < -0.4 is 4.90 Å². The summed E-state index contributed by atoms with van der Waals surface area (Å²) in [4.78, 5) is 7.28. The topological polar surface area (TPSA) is 39.2 Å². The number of nitrogens with zero attached hydrogens (tertiary/aromatic N) is 2. The zero-order valence-electron chi connectivity index (χ0n) is 13.8. The largest absolute Gasteiger partial charge is 0.616 e. The normalized spacial score (nSPS) is 15.4. The third-order valence-electron chi connectivity index (χ3n) is 4.38. The third-order valence-corrected chi connectivity index (χ3v) is 6.72. The van der Waals surface area contributed by atoms with Crippen LogP contribution in [-0.4, -0.2) is 34.1 Å². The van der Waals surface area contributed by atoms with Crippen LogP contribution in [0.3, 0.4) is 0 Å². The fourth-order valence-corrected chi connectivity index (χ4v) is 4.98. The Morgan fingerprint density at radius 3 is 2.31 bits per heavy atom. The highest BCUT2D eigenvalue weighted by Gasteiger charge is 2.20.